The summed E-state index contributed by atoms with van der Waals surface area (Å²) in [5, 5.41) is 4.19. The summed E-state index contributed by atoms with van der Waals surface area (Å²) >= 11 is 0. The van der Waals surface area contributed by atoms with Crippen LogP contribution in [-0.2, 0) is 15.8 Å². The van der Waals surface area contributed by atoms with Gasteiger partial charge in [-0.25, -0.2) is 17.2 Å². The van der Waals surface area contributed by atoms with E-state index in [0.717, 1.165) is 22.9 Å². The number of pyridine rings is 1. The van der Waals surface area contributed by atoms with Crippen molar-refractivity contribution in [2.45, 2.75) is 5.75 Å². The molecule has 0 aliphatic carbocycles. The maximum Gasteiger partial charge on any atom is 0.281 e. The molecular formula is C26H23F2N5O3S. The second-order valence-electron chi connectivity index (χ2n) is 8.62. The average Bonchev–Trinajstić information content (AvgIpc) is 2.89. The zero-order valence-corrected chi connectivity index (χ0v) is 20.5. The SMILES string of the molecule is O=c1c(-c2cccnc2)c(N2CCN(S(=O)(=O)Cc3ccccc3)CC2)cnn1-c1cc(F)cc(F)c1. The first kappa shape index (κ1) is 24.7. The fourth-order valence-corrected chi connectivity index (χ4v) is 5.91. The molecule has 1 aliphatic rings. The smallest absolute Gasteiger partial charge is 0.281 e. The minimum Gasteiger partial charge on any atom is -0.367 e. The number of rotatable bonds is 6. The standard InChI is InChI=1S/C26H23F2N5O3S/c27-21-13-22(28)15-23(14-21)33-26(34)25(20-7-4-8-29-16-20)24(17-30-33)31-9-11-32(12-10-31)37(35,36)18-19-5-2-1-3-6-19/h1-8,13-17H,9-12,18H2. The molecule has 5 rings (SSSR count). The summed E-state index contributed by atoms with van der Waals surface area (Å²) in [6.45, 7) is 1.14. The summed E-state index contributed by atoms with van der Waals surface area (Å²) in [6.07, 6.45) is 4.55. The highest BCUT2D eigenvalue weighted by Gasteiger charge is 2.29. The fourth-order valence-electron chi connectivity index (χ4n) is 4.40. The van der Waals surface area contributed by atoms with Gasteiger partial charge in [-0.05, 0) is 23.8 Å². The van der Waals surface area contributed by atoms with Gasteiger partial charge in [0.2, 0.25) is 10.0 Å². The number of piperazine rings is 1. The van der Waals surface area contributed by atoms with Gasteiger partial charge in [0.05, 0.1) is 28.9 Å². The number of aromatic nitrogens is 3. The lowest BCUT2D eigenvalue weighted by Crippen LogP contribution is -2.49. The lowest BCUT2D eigenvalue weighted by atomic mass is 10.1. The molecule has 2 aromatic heterocycles. The number of anilines is 1. The largest absolute Gasteiger partial charge is 0.367 e. The van der Waals surface area contributed by atoms with Gasteiger partial charge in [0.25, 0.3) is 5.56 Å². The van der Waals surface area contributed by atoms with Crippen LogP contribution in [0.1, 0.15) is 5.56 Å². The molecule has 0 bridgehead atoms. The van der Waals surface area contributed by atoms with Crippen LogP contribution < -0.4 is 10.5 Å². The summed E-state index contributed by atoms with van der Waals surface area (Å²) in [6, 6.07) is 15.2. The Hall–Kier alpha value is -3.96. The Kier molecular flexibility index (Phi) is 6.81. The summed E-state index contributed by atoms with van der Waals surface area (Å²) in [4.78, 5) is 19.6. The first-order chi connectivity index (χ1) is 17.8. The Bertz CT molecular complexity index is 1550. The Morgan fingerprint density at radius 2 is 1.57 bits per heavy atom. The van der Waals surface area contributed by atoms with E-state index in [1.54, 1.807) is 42.6 Å². The van der Waals surface area contributed by atoms with Gasteiger partial charge in [-0.3, -0.25) is 9.78 Å². The first-order valence-electron chi connectivity index (χ1n) is 11.6. The molecular weight excluding hydrogens is 500 g/mol. The van der Waals surface area contributed by atoms with Gasteiger partial charge < -0.3 is 4.90 Å². The third-order valence-electron chi connectivity index (χ3n) is 6.16. The van der Waals surface area contributed by atoms with Crippen LogP contribution in [0.4, 0.5) is 14.5 Å². The Morgan fingerprint density at radius 3 is 2.22 bits per heavy atom. The minimum absolute atomic E-state index is 0.0454. The molecule has 190 valence electrons. The molecule has 0 spiro atoms. The van der Waals surface area contributed by atoms with E-state index >= 15 is 0 Å². The number of halogens is 2. The minimum atomic E-state index is -3.52. The topological polar surface area (TPSA) is 88.4 Å². The van der Waals surface area contributed by atoms with Crippen LogP contribution in [0.3, 0.4) is 0 Å². The molecule has 0 amide bonds. The lowest BCUT2D eigenvalue weighted by molar-refractivity contribution is 0.384. The van der Waals surface area contributed by atoms with E-state index in [0.29, 0.717) is 29.9 Å². The van der Waals surface area contributed by atoms with Gasteiger partial charge in [0.15, 0.2) is 0 Å². The van der Waals surface area contributed by atoms with Crippen molar-refractivity contribution >= 4 is 15.7 Å². The number of hydrogen-bond acceptors (Lipinski definition) is 6. The molecule has 1 aliphatic heterocycles. The molecule has 11 heteroatoms. The number of benzene rings is 2. The molecule has 0 N–H and O–H groups in total. The molecule has 0 saturated carbocycles. The van der Waals surface area contributed by atoms with Crippen molar-refractivity contribution in [3.05, 3.63) is 107 Å². The van der Waals surface area contributed by atoms with Gasteiger partial charge in [-0.2, -0.15) is 14.1 Å². The second kappa shape index (κ2) is 10.2. The van der Waals surface area contributed by atoms with Crippen LogP contribution in [0.5, 0.6) is 0 Å². The van der Waals surface area contributed by atoms with Gasteiger partial charge in [0, 0.05) is 50.2 Å². The van der Waals surface area contributed by atoms with Crippen molar-refractivity contribution in [2.75, 3.05) is 31.1 Å². The highest BCUT2D eigenvalue weighted by atomic mass is 32.2. The number of sulfonamides is 1. The molecule has 0 unspecified atom stereocenters. The van der Waals surface area contributed by atoms with E-state index in [4.69, 9.17) is 0 Å². The fraction of sp³-hybridized carbons (Fsp3) is 0.192. The van der Waals surface area contributed by atoms with E-state index < -0.39 is 27.2 Å². The van der Waals surface area contributed by atoms with Crippen LogP contribution in [-0.4, -0.2) is 53.7 Å². The van der Waals surface area contributed by atoms with E-state index in [-0.39, 0.29) is 30.1 Å². The quantitative estimate of drug-likeness (QED) is 0.386. The molecule has 37 heavy (non-hydrogen) atoms. The summed E-state index contributed by atoms with van der Waals surface area (Å²) in [5.41, 5.74) is 1.35. The lowest BCUT2D eigenvalue weighted by Gasteiger charge is -2.36. The molecule has 0 radical (unpaired) electrons. The molecule has 2 aromatic carbocycles. The third kappa shape index (κ3) is 5.27. The van der Waals surface area contributed by atoms with Gasteiger partial charge in [0.1, 0.15) is 11.6 Å². The predicted molar refractivity (Wildman–Crippen MR) is 136 cm³/mol. The molecule has 1 saturated heterocycles. The molecule has 1 fully saturated rings. The summed E-state index contributed by atoms with van der Waals surface area (Å²) < 4.78 is 56.0. The van der Waals surface area contributed by atoms with Crippen LogP contribution in [0, 0.1) is 11.6 Å². The zero-order valence-electron chi connectivity index (χ0n) is 19.7. The molecule has 8 nitrogen and oxygen atoms in total. The molecule has 3 heterocycles. The molecule has 4 aromatic rings. The van der Waals surface area contributed by atoms with E-state index in [1.165, 1.54) is 16.7 Å². The second-order valence-corrected chi connectivity index (χ2v) is 10.6. The summed E-state index contributed by atoms with van der Waals surface area (Å²) in [7, 11) is -3.52. The van der Waals surface area contributed by atoms with Crippen LogP contribution in [0.25, 0.3) is 16.8 Å². The van der Waals surface area contributed by atoms with Gasteiger partial charge in [-0.1, -0.05) is 36.4 Å². The number of nitrogens with zero attached hydrogens (tertiary/aromatic N) is 5. The average molecular weight is 524 g/mol. The monoisotopic (exact) mass is 523 g/mol. The van der Waals surface area contributed by atoms with Crippen LogP contribution >= 0.6 is 0 Å². The number of hydrogen-bond donors (Lipinski definition) is 0. The first-order valence-corrected chi connectivity index (χ1v) is 13.2. The van der Waals surface area contributed by atoms with Gasteiger partial charge in [-0.15, -0.1) is 0 Å². The summed E-state index contributed by atoms with van der Waals surface area (Å²) in [5.74, 6) is -1.75. The van der Waals surface area contributed by atoms with Crippen LogP contribution in [0.15, 0.2) is 84.0 Å². The Balaban J connectivity index is 1.46. The van der Waals surface area contributed by atoms with E-state index in [2.05, 4.69) is 10.1 Å². The Morgan fingerprint density at radius 1 is 0.865 bits per heavy atom. The Labute approximate surface area is 212 Å². The zero-order chi connectivity index (χ0) is 26.0. The van der Waals surface area contributed by atoms with E-state index in [1.807, 2.05) is 11.0 Å². The van der Waals surface area contributed by atoms with Crippen LogP contribution in [0.2, 0.25) is 0 Å². The van der Waals surface area contributed by atoms with Crippen molar-refractivity contribution in [1.29, 1.82) is 0 Å². The van der Waals surface area contributed by atoms with Crippen molar-refractivity contribution in [3.63, 3.8) is 0 Å². The predicted octanol–water partition coefficient (Wildman–Crippen LogP) is 3.22. The highest BCUT2D eigenvalue weighted by molar-refractivity contribution is 7.88. The van der Waals surface area contributed by atoms with Crippen molar-refractivity contribution in [3.8, 4) is 16.8 Å². The van der Waals surface area contributed by atoms with E-state index in [9.17, 15) is 22.0 Å². The normalized spacial score (nSPS) is 14.6. The maximum absolute atomic E-state index is 13.9. The van der Waals surface area contributed by atoms with Crippen molar-refractivity contribution < 1.29 is 17.2 Å². The molecule has 0 atom stereocenters. The van der Waals surface area contributed by atoms with Crippen molar-refractivity contribution in [1.82, 2.24) is 19.1 Å². The highest BCUT2D eigenvalue weighted by Crippen LogP contribution is 2.28. The van der Waals surface area contributed by atoms with Gasteiger partial charge >= 0.3 is 0 Å². The maximum atomic E-state index is 13.9. The van der Waals surface area contributed by atoms with Crippen molar-refractivity contribution in [2.24, 2.45) is 0 Å². The third-order valence-corrected chi connectivity index (χ3v) is 8.01.